The van der Waals surface area contributed by atoms with Crippen molar-refractivity contribution in [1.29, 1.82) is 0 Å². The van der Waals surface area contributed by atoms with Gasteiger partial charge in [0.1, 0.15) is 18.4 Å². The van der Waals surface area contributed by atoms with Gasteiger partial charge in [0.05, 0.1) is 0 Å². The molecule has 0 heterocycles. The highest BCUT2D eigenvalue weighted by atomic mass is 16.5. The number of nitrogens with two attached hydrogens (primary N) is 1. The number of aryl methyl sites for hydroxylation is 1. The summed E-state index contributed by atoms with van der Waals surface area (Å²) in [6, 6.07) is 4.93. The standard InChI is InChI=1S/C13H19NO3/c1-8(2)10-5-4-9(3)6-12(10)17-7-11(14)13(15)16/h4-6,8,11H,7,14H2,1-3H3,(H,15,16). The van der Waals surface area contributed by atoms with E-state index >= 15 is 0 Å². The van der Waals surface area contributed by atoms with Crippen LogP contribution >= 0.6 is 0 Å². The summed E-state index contributed by atoms with van der Waals surface area (Å²) in [5.74, 6) is -0.00731. The predicted octanol–water partition coefficient (Wildman–Crippen LogP) is 1.91. The van der Waals surface area contributed by atoms with E-state index < -0.39 is 12.0 Å². The number of carboxylic acids is 1. The largest absolute Gasteiger partial charge is 0.491 e. The van der Waals surface area contributed by atoms with E-state index in [1.54, 1.807) is 0 Å². The zero-order valence-electron chi connectivity index (χ0n) is 10.4. The van der Waals surface area contributed by atoms with Gasteiger partial charge >= 0.3 is 5.97 Å². The number of carbonyl (C=O) groups is 1. The molecule has 3 N–H and O–H groups in total. The van der Waals surface area contributed by atoms with Gasteiger partial charge in [-0.05, 0) is 30.0 Å². The molecule has 0 radical (unpaired) electrons. The smallest absolute Gasteiger partial charge is 0.324 e. The number of rotatable bonds is 5. The summed E-state index contributed by atoms with van der Waals surface area (Å²) in [7, 11) is 0. The van der Waals surface area contributed by atoms with Crippen LogP contribution in [0.5, 0.6) is 5.75 Å². The van der Waals surface area contributed by atoms with Crippen LogP contribution in [0.15, 0.2) is 18.2 Å². The Hall–Kier alpha value is -1.55. The Balaban J connectivity index is 2.82. The zero-order chi connectivity index (χ0) is 13.0. The molecule has 0 saturated carbocycles. The molecule has 0 aliphatic heterocycles. The van der Waals surface area contributed by atoms with Crippen molar-refractivity contribution in [2.75, 3.05) is 6.61 Å². The van der Waals surface area contributed by atoms with Gasteiger partial charge in [0.2, 0.25) is 0 Å². The lowest BCUT2D eigenvalue weighted by Crippen LogP contribution is -2.36. The number of hydrogen-bond acceptors (Lipinski definition) is 3. The van der Waals surface area contributed by atoms with Gasteiger partial charge in [0.25, 0.3) is 0 Å². The summed E-state index contributed by atoms with van der Waals surface area (Å²) in [4.78, 5) is 10.6. The van der Waals surface area contributed by atoms with Crippen molar-refractivity contribution in [3.05, 3.63) is 29.3 Å². The van der Waals surface area contributed by atoms with E-state index in [0.29, 0.717) is 5.92 Å². The molecule has 0 amide bonds. The lowest BCUT2D eigenvalue weighted by molar-refractivity contribution is -0.139. The van der Waals surface area contributed by atoms with Gasteiger partial charge in [-0.2, -0.15) is 0 Å². The van der Waals surface area contributed by atoms with E-state index in [1.165, 1.54) is 0 Å². The second kappa shape index (κ2) is 5.68. The molecule has 17 heavy (non-hydrogen) atoms. The summed E-state index contributed by atoms with van der Waals surface area (Å²) in [6.07, 6.45) is 0. The summed E-state index contributed by atoms with van der Waals surface area (Å²) >= 11 is 0. The molecule has 4 nitrogen and oxygen atoms in total. The molecule has 1 aromatic rings. The molecule has 94 valence electrons. The summed E-state index contributed by atoms with van der Waals surface area (Å²) in [5, 5.41) is 8.69. The maximum atomic E-state index is 10.6. The molecule has 0 aliphatic carbocycles. The molecular formula is C13H19NO3. The molecular weight excluding hydrogens is 218 g/mol. The quantitative estimate of drug-likeness (QED) is 0.820. The molecule has 4 heteroatoms. The Kier molecular flexibility index (Phi) is 4.52. The molecule has 0 fully saturated rings. The first-order valence-electron chi connectivity index (χ1n) is 5.63. The van der Waals surface area contributed by atoms with Gasteiger partial charge in [-0.15, -0.1) is 0 Å². The van der Waals surface area contributed by atoms with E-state index in [4.69, 9.17) is 15.6 Å². The molecule has 0 saturated heterocycles. The van der Waals surface area contributed by atoms with Crippen LogP contribution in [0.4, 0.5) is 0 Å². The minimum absolute atomic E-state index is 0.0154. The van der Waals surface area contributed by atoms with Gasteiger partial charge < -0.3 is 15.6 Å². The van der Waals surface area contributed by atoms with Crippen LogP contribution in [-0.2, 0) is 4.79 Å². The van der Waals surface area contributed by atoms with E-state index in [0.717, 1.165) is 16.9 Å². The normalized spacial score (nSPS) is 12.5. The zero-order valence-corrected chi connectivity index (χ0v) is 10.4. The average Bonchev–Trinajstić information content (AvgIpc) is 2.25. The summed E-state index contributed by atoms with van der Waals surface area (Å²) < 4.78 is 5.50. The lowest BCUT2D eigenvalue weighted by atomic mass is 10.0. The summed E-state index contributed by atoms with van der Waals surface area (Å²) in [6.45, 7) is 6.08. The van der Waals surface area contributed by atoms with Crippen LogP contribution in [0.25, 0.3) is 0 Å². The third-order valence-electron chi connectivity index (χ3n) is 2.53. The van der Waals surface area contributed by atoms with Crippen molar-refractivity contribution in [3.8, 4) is 5.75 Å². The topological polar surface area (TPSA) is 72.5 Å². The van der Waals surface area contributed by atoms with Crippen molar-refractivity contribution in [1.82, 2.24) is 0 Å². The van der Waals surface area contributed by atoms with Gasteiger partial charge in [-0.25, -0.2) is 0 Å². The SMILES string of the molecule is Cc1ccc(C(C)C)c(OCC(N)C(=O)O)c1. The first kappa shape index (κ1) is 13.5. The highest BCUT2D eigenvalue weighted by Crippen LogP contribution is 2.27. The second-order valence-corrected chi connectivity index (χ2v) is 4.45. The first-order valence-corrected chi connectivity index (χ1v) is 5.63. The van der Waals surface area contributed by atoms with E-state index in [1.807, 2.05) is 25.1 Å². The van der Waals surface area contributed by atoms with Crippen LogP contribution in [0.2, 0.25) is 0 Å². The van der Waals surface area contributed by atoms with Crippen molar-refractivity contribution in [2.24, 2.45) is 5.73 Å². The first-order chi connectivity index (χ1) is 7.91. The van der Waals surface area contributed by atoms with Gasteiger partial charge in [-0.3, -0.25) is 4.79 Å². The van der Waals surface area contributed by atoms with Crippen molar-refractivity contribution in [2.45, 2.75) is 32.7 Å². The van der Waals surface area contributed by atoms with Crippen LogP contribution in [0, 0.1) is 6.92 Å². The third-order valence-corrected chi connectivity index (χ3v) is 2.53. The Morgan fingerprint density at radius 2 is 2.12 bits per heavy atom. The third kappa shape index (κ3) is 3.75. The van der Waals surface area contributed by atoms with Crippen molar-refractivity contribution < 1.29 is 14.6 Å². The maximum absolute atomic E-state index is 10.6. The van der Waals surface area contributed by atoms with E-state index in [-0.39, 0.29) is 6.61 Å². The Morgan fingerprint density at radius 1 is 1.47 bits per heavy atom. The Morgan fingerprint density at radius 3 is 2.65 bits per heavy atom. The molecule has 1 unspecified atom stereocenters. The second-order valence-electron chi connectivity index (χ2n) is 4.45. The number of ether oxygens (including phenoxy) is 1. The highest BCUT2D eigenvalue weighted by molar-refractivity contribution is 5.73. The van der Waals surface area contributed by atoms with Gasteiger partial charge in [0.15, 0.2) is 0 Å². The van der Waals surface area contributed by atoms with E-state index in [9.17, 15) is 4.79 Å². The maximum Gasteiger partial charge on any atom is 0.324 e. The molecule has 0 bridgehead atoms. The number of aliphatic carboxylic acids is 1. The van der Waals surface area contributed by atoms with Gasteiger partial charge in [0, 0.05) is 0 Å². The molecule has 0 spiro atoms. The van der Waals surface area contributed by atoms with Crippen LogP contribution in [0.1, 0.15) is 30.9 Å². The number of carboxylic acid groups (broad SMARTS) is 1. The molecule has 1 atom stereocenters. The molecule has 1 rings (SSSR count). The fourth-order valence-electron chi connectivity index (χ4n) is 1.49. The monoisotopic (exact) mass is 237 g/mol. The molecule has 0 aliphatic rings. The average molecular weight is 237 g/mol. The minimum Gasteiger partial charge on any atom is -0.491 e. The molecule has 0 aromatic heterocycles. The number of benzene rings is 1. The van der Waals surface area contributed by atoms with Crippen molar-refractivity contribution >= 4 is 5.97 Å². The predicted molar refractivity (Wildman–Crippen MR) is 66.4 cm³/mol. The van der Waals surface area contributed by atoms with Crippen LogP contribution in [-0.4, -0.2) is 23.7 Å². The molecule has 1 aromatic carbocycles. The number of hydrogen-bond donors (Lipinski definition) is 2. The van der Waals surface area contributed by atoms with Crippen LogP contribution in [0.3, 0.4) is 0 Å². The fraction of sp³-hybridized carbons (Fsp3) is 0.462. The van der Waals surface area contributed by atoms with E-state index in [2.05, 4.69) is 13.8 Å². The summed E-state index contributed by atoms with van der Waals surface area (Å²) in [5.41, 5.74) is 7.54. The van der Waals surface area contributed by atoms with Crippen LogP contribution < -0.4 is 10.5 Å². The Bertz CT molecular complexity index is 402. The fourth-order valence-corrected chi connectivity index (χ4v) is 1.49. The Labute approximate surface area is 101 Å². The van der Waals surface area contributed by atoms with Gasteiger partial charge in [-0.1, -0.05) is 26.0 Å². The highest BCUT2D eigenvalue weighted by Gasteiger charge is 2.14. The lowest BCUT2D eigenvalue weighted by Gasteiger charge is -2.16. The minimum atomic E-state index is -1.05. The van der Waals surface area contributed by atoms with Crippen molar-refractivity contribution in [3.63, 3.8) is 0 Å².